The third-order valence-electron chi connectivity index (χ3n) is 5.64. The summed E-state index contributed by atoms with van der Waals surface area (Å²) < 4.78 is 5.67. The first-order chi connectivity index (χ1) is 10.1. The fraction of sp³-hybridized carbons (Fsp3) is 0.706. The number of nitrogens with zero attached hydrogens (tertiary/aromatic N) is 2. The van der Waals surface area contributed by atoms with E-state index in [1.807, 2.05) is 6.07 Å². The van der Waals surface area contributed by atoms with Gasteiger partial charge in [-0.3, -0.25) is 14.6 Å². The molecular weight excluding hydrogens is 264 g/mol. The Morgan fingerprint density at radius 2 is 2.00 bits per heavy atom. The van der Waals surface area contributed by atoms with E-state index in [9.17, 15) is 4.79 Å². The molecule has 0 saturated carbocycles. The van der Waals surface area contributed by atoms with Crippen molar-refractivity contribution in [1.29, 1.82) is 0 Å². The molecular formula is C17H24N2O2. The molecule has 0 N–H and O–H groups in total. The van der Waals surface area contributed by atoms with Gasteiger partial charge in [0.15, 0.2) is 0 Å². The van der Waals surface area contributed by atoms with Crippen LogP contribution in [0.15, 0.2) is 22.8 Å². The molecule has 4 nitrogen and oxygen atoms in total. The predicted octanol–water partition coefficient (Wildman–Crippen LogP) is 2.68. The zero-order valence-electron chi connectivity index (χ0n) is 13.0. The van der Waals surface area contributed by atoms with Gasteiger partial charge < -0.3 is 4.42 Å². The van der Waals surface area contributed by atoms with Gasteiger partial charge in [-0.15, -0.1) is 0 Å². The van der Waals surface area contributed by atoms with Gasteiger partial charge in [0.1, 0.15) is 17.7 Å². The molecule has 0 aliphatic carbocycles. The highest BCUT2D eigenvalue weighted by Gasteiger charge is 2.63. The largest absolute Gasteiger partial charge is 0.466 e. The summed E-state index contributed by atoms with van der Waals surface area (Å²) in [5, 5.41) is 0. The molecule has 4 bridgehead atoms. The predicted molar refractivity (Wildman–Crippen MR) is 79.7 cm³/mol. The van der Waals surface area contributed by atoms with Crippen molar-refractivity contribution in [3.8, 4) is 0 Å². The molecule has 0 radical (unpaired) electrons. The number of ketones is 1. The maximum Gasteiger partial charge on any atom is 0.150 e. The molecule has 0 amide bonds. The first kappa shape index (κ1) is 13.5. The molecule has 1 aromatic heterocycles. The number of hydrogen-bond donors (Lipinski definition) is 0. The van der Waals surface area contributed by atoms with Gasteiger partial charge >= 0.3 is 0 Å². The van der Waals surface area contributed by atoms with Gasteiger partial charge in [-0.05, 0) is 18.6 Å². The van der Waals surface area contributed by atoms with Gasteiger partial charge in [0.2, 0.25) is 0 Å². The Morgan fingerprint density at radius 1 is 1.29 bits per heavy atom. The van der Waals surface area contributed by atoms with Crippen molar-refractivity contribution in [2.45, 2.75) is 39.3 Å². The molecule has 5 rings (SSSR count). The number of hydrogen-bond acceptors (Lipinski definition) is 4. The van der Waals surface area contributed by atoms with E-state index in [0.717, 1.165) is 51.2 Å². The summed E-state index contributed by atoms with van der Waals surface area (Å²) >= 11 is 0. The molecule has 0 aromatic carbocycles. The third-order valence-corrected chi connectivity index (χ3v) is 5.64. The number of rotatable bonds is 4. The normalized spacial score (nSPS) is 44.5. The van der Waals surface area contributed by atoms with E-state index in [1.54, 1.807) is 6.26 Å². The lowest BCUT2D eigenvalue weighted by Gasteiger charge is -2.65. The van der Waals surface area contributed by atoms with Crippen LogP contribution < -0.4 is 0 Å². The van der Waals surface area contributed by atoms with E-state index in [1.165, 1.54) is 0 Å². The third kappa shape index (κ3) is 1.78. The van der Waals surface area contributed by atoms with E-state index >= 15 is 0 Å². The lowest BCUT2D eigenvalue weighted by atomic mass is 9.59. The number of carbonyl (C=O) groups is 1. The highest BCUT2D eigenvalue weighted by Crippen LogP contribution is 2.53. The Hall–Kier alpha value is -1.13. The highest BCUT2D eigenvalue weighted by molar-refractivity contribution is 5.93. The molecule has 5 heterocycles. The molecule has 4 saturated heterocycles. The van der Waals surface area contributed by atoms with Crippen LogP contribution in [0.1, 0.15) is 45.0 Å². The van der Waals surface area contributed by atoms with Crippen molar-refractivity contribution < 1.29 is 9.21 Å². The van der Waals surface area contributed by atoms with E-state index in [0.29, 0.717) is 5.78 Å². The van der Waals surface area contributed by atoms with Gasteiger partial charge in [-0.2, -0.15) is 0 Å². The van der Waals surface area contributed by atoms with Crippen molar-refractivity contribution in [3.63, 3.8) is 0 Å². The summed E-state index contributed by atoms with van der Waals surface area (Å²) in [7, 11) is 0. The Kier molecular flexibility index (Phi) is 2.86. The van der Waals surface area contributed by atoms with Gasteiger partial charge in [-0.25, -0.2) is 0 Å². The molecule has 4 heteroatoms. The van der Waals surface area contributed by atoms with E-state index in [2.05, 4.69) is 29.7 Å². The topological polar surface area (TPSA) is 36.7 Å². The van der Waals surface area contributed by atoms with Crippen molar-refractivity contribution in [3.05, 3.63) is 24.2 Å². The number of carbonyl (C=O) groups excluding carboxylic acids is 1. The van der Waals surface area contributed by atoms with Crippen molar-refractivity contribution in [2.24, 2.45) is 10.8 Å². The van der Waals surface area contributed by atoms with Crippen LogP contribution in [-0.2, 0) is 4.79 Å². The molecule has 0 spiro atoms. The Bertz CT molecular complexity index is 535. The Labute approximate surface area is 126 Å². The number of unbranched alkanes of at least 4 members (excludes halogenated alkanes) is 1. The van der Waals surface area contributed by atoms with E-state index < -0.39 is 0 Å². The summed E-state index contributed by atoms with van der Waals surface area (Å²) in [6, 6.07) is 4.03. The second-order valence-corrected chi connectivity index (χ2v) is 7.47. The first-order valence-electron chi connectivity index (χ1n) is 8.14. The summed E-state index contributed by atoms with van der Waals surface area (Å²) in [5.74, 6) is 1.55. The average molecular weight is 288 g/mol. The molecule has 114 valence electrons. The molecule has 4 fully saturated rings. The zero-order chi connectivity index (χ0) is 14.7. The average Bonchev–Trinajstić information content (AvgIpc) is 2.95. The van der Waals surface area contributed by atoms with Crippen molar-refractivity contribution in [2.75, 3.05) is 26.2 Å². The first-order valence-corrected chi connectivity index (χ1v) is 8.14. The number of Topliss-reactive ketones (excluding diaryl/α,β-unsaturated/α-hetero) is 1. The second kappa shape index (κ2) is 4.43. The van der Waals surface area contributed by atoms with Crippen LogP contribution in [0.4, 0.5) is 0 Å². The van der Waals surface area contributed by atoms with Crippen LogP contribution in [0, 0.1) is 10.8 Å². The van der Waals surface area contributed by atoms with Crippen LogP contribution in [0.25, 0.3) is 0 Å². The van der Waals surface area contributed by atoms with Gasteiger partial charge in [0.25, 0.3) is 0 Å². The standard InChI is InChI=1S/C17H24N2O2/c1-3-4-7-17-11-18-9-16(2,15(17)20)10-19(12-17)14(18)13-6-5-8-21-13/h5-6,8,14H,3-4,7,9-12H2,1-2H3. The van der Waals surface area contributed by atoms with Crippen molar-refractivity contribution in [1.82, 2.24) is 9.80 Å². The highest BCUT2D eigenvalue weighted by atomic mass is 16.3. The minimum Gasteiger partial charge on any atom is -0.466 e. The fourth-order valence-corrected chi connectivity index (χ4v) is 4.97. The molecule has 1 aromatic rings. The minimum absolute atomic E-state index is 0.135. The smallest absolute Gasteiger partial charge is 0.150 e. The van der Waals surface area contributed by atoms with Crippen LogP contribution in [0.3, 0.4) is 0 Å². The monoisotopic (exact) mass is 288 g/mol. The summed E-state index contributed by atoms with van der Waals surface area (Å²) in [4.78, 5) is 18.0. The van der Waals surface area contributed by atoms with Gasteiger partial charge in [-0.1, -0.05) is 26.7 Å². The van der Waals surface area contributed by atoms with E-state index in [-0.39, 0.29) is 17.0 Å². The molecule has 2 unspecified atom stereocenters. The Morgan fingerprint density at radius 3 is 2.57 bits per heavy atom. The van der Waals surface area contributed by atoms with Crippen LogP contribution >= 0.6 is 0 Å². The van der Waals surface area contributed by atoms with Crippen LogP contribution in [0.2, 0.25) is 0 Å². The second-order valence-electron chi connectivity index (χ2n) is 7.47. The van der Waals surface area contributed by atoms with Gasteiger partial charge in [0.05, 0.1) is 17.1 Å². The molecule has 4 aliphatic rings. The maximum atomic E-state index is 13.0. The molecule has 4 aliphatic heterocycles. The fourth-order valence-electron chi connectivity index (χ4n) is 4.97. The zero-order valence-corrected chi connectivity index (χ0v) is 13.0. The lowest BCUT2D eigenvalue weighted by molar-refractivity contribution is -0.204. The summed E-state index contributed by atoms with van der Waals surface area (Å²) in [6.07, 6.45) is 5.33. The summed E-state index contributed by atoms with van der Waals surface area (Å²) in [6.45, 7) is 7.93. The van der Waals surface area contributed by atoms with Crippen LogP contribution in [-0.4, -0.2) is 41.8 Å². The quantitative estimate of drug-likeness (QED) is 0.853. The summed E-state index contributed by atoms with van der Waals surface area (Å²) in [5.41, 5.74) is -0.322. The Balaban J connectivity index is 1.69. The lowest BCUT2D eigenvalue weighted by Crippen LogP contribution is -2.76. The number of piperidine rings is 2. The molecule has 21 heavy (non-hydrogen) atoms. The van der Waals surface area contributed by atoms with Crippen molar-refractivity contribution >= 4 is 5.78 Å². The molecule has 2 atom stereocenters. The number of furan rings is 1. The SMILES string of the molecule is CCCCC12CN3CC(C)(CN(C1)C3c1ccco1)C2=O. The maximum absolute atomic E-state index is 13.0. The van der Waals surface area contributed by atoms with Gasteiger partial charge in [0, 0.05) is 26.2 Å². The van der Waals surface area contributed by atoms with Crippen LogP contribution in [0.5, 0.6) is 0 Å². The minimum atomic E-state index is -0.187. The van der Waals surface area contributed by atoms with E-state index in [4.69, 9.17) is 4.42 Å².